The zero-order valence-corrected chi connectivity index (χ0v) is 9.01. The molecule has 0 spiro atoms. The van der Waals surface area contributed by atoms with Crippen LogP contribution >= 0.6 is 0 Å². The van der Waals surface area contributed by atoms with E-state index in [9.17, 15) is 5.26 Å². The van der Waals surface area contributed by atoms with E-state index in [0.29, 0.717) is 0 Å². The van der Waals surface area contributed by atoms with E-state index < -0.39 is 0 Å². The van der Waals surface area contributed by atoms with Crippen molar-refractivity contribution in [1.82, 2.24) is 0 Å². The summed E-state index contributed by atoms with van der Waals surface area (Å²) >= 11 is 0. The number of hydrogen-bond acceptors (Lipinski definition) is 1. The normalized spacial score (nSPS) is 11.7. The second-order valence-electron chi connectivity index (χ2n) is 3.78. The maximum Gasteiger partial charge on any atom is 0.0753 e. The third-order valence-corrected chi connectivity index (χ3v) is 2.64. The van der Waals surface area contributed by atoms with E-state index >= 15 is 0 Å². The van der Waals surface area contributed by atoms with Gasteiger partial charge in [-0.2, -0.15) is 5.26 Å². The van der Waals surface area contributed by atoms with Crippen LogP contribution in [0, 0.1) is 11.3 Å². The zero-order valence-electron chi connectivity index (χ0n) is 9.01. The number of benzene rings is 2. The molecule has 2 aromatic carbocycles. The maximum atomic E-state index is 9.19. The van der Waals surface area contributed by atoms with E-state index in [0.717, 1.165) is 12.0 Å². The maximum absolute atomic E-state index is 9.19. The van der Waals surface area contributed by atoms with Crippen LogP contribution in [0.4, 0.5) is 0 Å². The van der Waals surface area contributed by atoms with Gasteiger partial charge < -0.3 is 0 Å². The molecule has 0 amide bonds. The summed E-state index contributed by atoms with van der Waals surface area (Å²) in [6, 6.07) is 22.5. The molecule has 16 heavy (non-hydrogen) atoms. The molecular formula is C15H13N. The second-order valence-corrected chi connectivity index (χ2v) is 3.78. The Bertz CT molecular complexity index is 468. The lowest BCUT2D eigenvalue weighted by Gasteiger charge is -2.08. The molecule has 1 atom stereocenters. The SMILES string of the molecule is N#C[C@H](Cc1ccccc1)c1ccccc1. The van der Waals surface area contributed by atoms with E-state index in [1.807, 2.05) is 48.5 Å². The number of nitriles is 1. The largest absolute Gasteiger partial charge is 0.198 e. The van der Waals surface area contributed by atoms with E-state index in [-0.39, 0.29) is 5.92 Å². The summed E-state index contributed by atoms with van der Waals surface area (Å²) in [6.07, 6.45) is 0.779. The van der Waals surface area contributed by atoms with Crippen LogP contribution in [0.25, 0.3) is 0 Å². The fourth-order valence-electron chi connectivity index (χ4n) is 1.77. The third kappa shape index (κ3) is 2.49. The van der Waals surface area contributed by atoms with Crippen LogP contribution in [0.5, 0.6) is 0 Å². The minimum Gasteiger partial charge on any atom is -0.198 e. The minimum absolute atomic E-state index is 0.0522. The predicted octanol–water partition coefficient (Wildman–Crippen LogP) is 3.54. The van der Waals surface area contributed by atoms with Gasteiger partial charge in [0.2, 0.25) is 0 Å². The summed E-state index contributed by atoms with van der Waals surface area (Å²) in [5, 5.41) is 9.19. The van der Waals surface area contributed by atoms with Gasteiger partial charge in [-0.05, 0) is 17.5 Å². The smallest absolute Gasteiger partial charge is 0.0753 e. The summed E-state index contributed by atoms with van der Waals surface area (Å²) in [5.74, 6) is -0.0522. The Kier molecular flexibility index (Phi) is 3.35. The van der Waals surface area contributed by atoms with Crippen molar-refractivity contribution < 1.29 is 0 Å². The van der Waals surface area contributed by atoms with Crippen molar-refractivity contribution in [3.8, 4) is 6.07 Å². The number of hydrogen-bond donors (Lipinski definition) is 0. The average molecular weight is 207 g/mol. The fourth-order valence-corrected chi connectivity index (χ4v) is 1.77. The summed E-state index contributed by atoms with van der Waals surface area (Å²) in [7, 11) is 0. The molecule has 1 nitrogen and oxygen atoms in total. The Morgan fingerprint density at radius 1 is 0.875 bits per heavy atom. The first-order chi connectivity index (χ1) is 7.90. The lowest BCUT2D eigenvalue weighted by Crippen LogP contribution is -1.99. The summed E-state index contributed by atoms with van der Waals surface area (Å²) in [5.41, 5.74) is 2.30. The molecule has 0 aromatic heterocycles. The van der Waals surface area contributed by atoms with E-state index in [1.165, 1.54) is 5.56 Å². The van der Waals surface area contributed by atoms with Crippen molar-refractivity contribution in [1.29, 1.82) is 5.26 Å². The van der Waals surface area contributed by atoms with Gasteiger partial charge in [0.1, 0.15) is 0 Å². The van der Waals surface area contributed by atoms with E-state index in [1.54, 1.807) is 0 Å². The molecule has 2 rings (SSSR count). The molecule has 0 aliphatic rings. The minimum atomic E-state index is -0.0522. The van der Waals surface area contributed by atoms with Crippen LogP contribution in [-0.4, -0.2) is 0 Å². The van der Waals surface area contributed by atoms with Crippen LogP contribution in [-0.2, 0) is 6.42 Å². The highest BCUT2D eigenvalue weighted by Crippen LogP contribution is 2.19. The average Bonchev–Trinajstić information content (AvgIpc) is 2.38. The highest BCUT2D eigenvalue weighted by Gasteiger charge is 2.10. The van der Waals surface area contributed by atoms with Gasteiger partial charge in [-0.3, -0.25) is 0 Å². The molecule has 0 radical (unpaired) electrons. The van der Waals surface area contributed by atoms with Crippen molar-refractivity contribution >= 4 is 0 Å². The molecule has 0 saturated carbocycles. The van der Waals surface area contributed by atoms with Gasteiger partial charge in [-0.1, -0.05) is 60.7 Å². The summed E-state index contributed by atoms with van der Waals surface area (Å²) in [6.45, 7) is 0. The lowest BCUT2D eigenvalue weighted by molar-refractivity contribution is 0.849. The Hall–Kier alpha value is -2.07. The quantitative estimate of drug-likeness (QED) is 0.755. The lowest BCUT2D eigenvalue weighted by atomic mass is 9.93. The van der Waals surface area contributed by atoms with Gasteiger partial charge in [0.05, 0.1) is 12.0 Å². The Morgan fingerprint density at radius 2 is 1.44 bits per heavy atom. The molecule has 0 N–H and O–H groups in total. The molecule has 0 saturated heterocycles. The van der Waals surface area contributed by atoms with Gasteiger partial charge in [0.15, 0.2) is 0 Å². The van der Waals surface area contributed by atoms with Gasteiger partial charge >= 0.3 is 0 Å². The van der Waals surface area contributed by atoms with Crippen LogP contribution in [0.1, 0.15) is 17.0 Å². The van der Waals surface area contributed by atoms with Crippen LogP contribution in [0.15, 0.2) is 60.7 Å². The molecule has 0 bridgehead atoms. The molecule has 0 fully saturated rings. The van der Waals surface area contributed by atoms with Gasteiger partial charge in [0.25, 0.3) is 0 Å². The zero-order chi connectivity index (χ0) is 11.2. The van der Waals surface area contributed by atoms with Crippen molar-refractivity contribution in [3.05, 3.63) is 71.8 Å². The van der Waals surface area contributed by atoms with E-state index in [2.05, 4.69) is 18.2 Å². The first-order valence-electron chi connectivity index (χ1n) is 5.38. The fraction of sp³-hybridized carbons (Fsp3) is 0.133. The van der Waals surface area contributed by atoms with Crippen molar-refractivity contribution in [2.45, 2.75) is 12.3 Å². The number of nitrogens with zero attached hydrogens (tertiary/aromatic N) is 1. The highest BCUT2D eigenvalue weighted by molar-refractivity contribution is 5.28. The molecule has 0 unspecified atom stereocenters. The van der Waals surface area contributed by atoms with Gasteiger partial charge in [-0.15, -0.1) is 0 Å². The second kappa shape index (κ2) is 5.14. The molecule has 0 aliphatic carbocycles. The molecule has 78 valence electrons. The first-order valence-corrected chi connectivity index (χ1v) is 5.38. The standard InChI is InChI=1S/C15H13N/c16-12-15(14-9-5-2-6-10-14)11-13-7-3-1-4-8-13/h1-10,15H,11H2/t15-/m0/s1. The van der Waals surface area contributed by atoms with Gasteiger partial charge in [-0.25, -0.2) is 0 Å². The first kappa shape index (κ1) is 10.4. The van der Waals surface area contributed by atoms with Crippen LogP contribution in [0.3, 0.4) is 0 Å². The predicted molar refractivity (Wildman–Crippen MR) is 64.9 cm³/mol. The summed E-state index contributed by atoms with van der Waals surface area (Å²) in [4.78, 5) is 0. The molecule has 2 aromatic rings. The summed E-state index contributed by atoms with van der Waals surface area (Å²) < 4.78 is 0. The van der Waals surface area contributed by atoms with Crippen LogP contribution < -0.4 is 0 Å². The molecule has 0 aliphatic heterocycles. The van der Waals surface area contributed by atoms with Crippen molar-refractivity contribution in [2.24, 2.45) is 0 Å². The monoisotopic (exact) mass is 207 g/mol. The third-order valence-electron chi connectivity index (χ3n) is 2.64. The Labute approximate surface area is 96.0 Å². The molecule has 1 heteroatoms. The molecule has 0 heterocycles. The van der Waals surface area contributed by atoms with Gasteiger partial charge in [0, 0.05) is 0 Å². The topological polar surface area (TPSA) is 23.8 Å². The van der Waals surface area contributed by atoms with Crippen LogP contribution in [0.2, 0.25) is 0 Å². The van der Waals surface area contributed by atoms with Crippen molar-refractivity contribution in [3.63, 3.8) is 0 Å². The number of rotatable bonds is 3. The van der Waals surface area contributed by atoms with Crippen molar-refractivity contribution in [2.75, 3.05) is 0 Å². The Morgan fingerprint density at radius 3 is 2.00 bits per heavy atom. The van der Waals surface area contributed by atoms with E-state index in [4.69, 9.17) is 0 Å². The Balaban J connectivity index is 2.17. The molecular weight excluding hydrogens is 194 g/mol. The highest BCUT2D eigenvalue weighted by atomic mass is 14.3.